The van der Waals surface area contributed by atoms with Gasteiger partial charge in [0.25, 0.3) is 10.0 Å². The Hall–Kier alpha value is -3.07. The van der Waals surface area contributed by atoms with Crippen molar-refractivity contribution in [1.29, 1.82) is 0 Å². The van der Waals surface area contributed by atoms with Crippen LogP contribution in [0, 0.1) is 6.92 Å². The molecule has 0 unspecified atom stereocenters. The van der Waals surface area contributed by atoms with Crippen LogP contribution in [0.1, 0.15) is 11.3 Å². The van der Waals surface area contributed by atoms with Crippen molar-refractivity contribution >= 4 is 21.7 Å². The van der Waals surface area contributed by atoms with Gasteiger partial charge in [-0.1, -0.05) is 0 Å². The number of hydrogen-bond donors (Lipinski definition) is 2. The van der Waals surface area contributed by atoms with Gasteiger partial charge in [0.15, 0.2) is 5.82 Å². The van der Waals surface area contributed by atoms with Crippen LogP contribution in [-0.4, -0.2) is 25.7 Å². The van der Waals surface area contributed by atoms with Crippen LogP contribution in [0.25, 0.3) is 0 Å². The number of hydrogen-bond acceptors (Lipinski definition) is 7. The van der Waals surface area contributed by atoms with Gasteiger partial charge in [0.2, 0.25) is 0 Å². The fraction of sp³-hybridized carbons (Fsp3) is 0.176. The molecule has 0 amide bonds. The first-order chi connectivity index (χ1) is 12.5. The number of sulfonamides is 1. The molecule has 136 valence electrons. The van der Waals surface area contributed by atoms with Crippen LogP contribution in [0.15, 0.2) is 58.0 Å². The third-order valence-electron chi connectivity index (χ3n) is 3.60. The van der Waals surface area contributed by atoms with E-state index in [1.807, 2.05) is 6.07 Å². The Kier molecular flexibility index (Phi) is 5.08. The van der Waals surface area contributed by atoms with Crippen LogP contribution in [0.2, 0.25) is 0 Å². The zero-order chi connectivity index (χ0) is 18.6. The van der Waals surface area contributed by atoms with Crippen molar-refractivity contribution in [2.24, 2.45) is 0 Å². The van der Waals surface area contributed by atoms with E-state index in [4.69, 9.17) is 9.15 Å². The van der Waals surface area contributed by atoms with Crippen LogP contribution in [-0.2, 0) is 16.6 Å². The first-order valence-corrected chi connectivity index (χ1v) is 9.24. The largest absolute Gasteiger partial charge is 0.496 e. The zero-order valence-electron chi connectivity index (χ0n) is 14.3. The smallest absolute Gasteiger partial charge is 0.263 e. The highest BCUT2D eigenvalue weighted by molar-refractivity contribution is 7.92. The Morgan fingerprint density at radius 2 is 1.88 bits per heavy atom. The number of nitrogens with zero attached hydrogens (tertiary/aromatic N) is 2. The number of benzene rings is 1. The molecular weight excluding hydrogens is 356 g/mol. The standard InChI is InChI=1S/C17H18N4O4S/c1-12-10-14(5-6-15(12)24-2)26(22,23)21-17-8-7-16(19-20-17)18-11-13-4-3-9-25-13/h3-10H,11H2,1-2H3,(H,18,19)(H,20,21). The Labute approximate surface area is 151 Å². The van der Waals surface area contributed by atoms with Gasteiger partial charge in [0, 0.05) is 0 Å². The number of methoxy groups -OCH3 is 1. The molecule has 0 aliphatic heterocycles. The highest BCUT2D eigenvalue weighted by Gasteiger charge is 2.16. The molecule has 2 aromatic heterocycles. The van der Waals surface area contributed by atoms with Crippen molar-refractivity contribution in [3.63, 3.8) is 0 Å². The summed E-state index contributed by atoms with van der Waals surface area (Å²) < 4.78 is 37.7. The molecule has 0 aliphatic carbocycles. The van der Waals surface area contributed by atoms with Crippen molar-refractivity contribution in [3.05, 3.63) is 60.1 Å². The van der Waals surface area contributed by atoms with Gasteiger partial charge >= 0.3 is 0 Å². The lowest BCUT2D eigenvalue weighted by Gasteiger charge is -2.10. The molecule has 0 spiro atoms. The first-order valence-electron chi connectivity index (χ1n) is 7.75. The van der Waals surface area contributed by atoms with Gasteiger partial charge in [-0.05, 0) is 55.0 Å². The van der Waals surface area contributed by atoms with E-state index in [1.54, 1.807) is 31.4 Å². The second-order valence-corrected chi connectivity index (χ2v) is 7.16. The van der Waals surface area contributed by atoms with E-state index in [0.29, 0.717) is 18.1 Å². The fourth-order valence-corrected chi connectivity index (χ4v) is 3.37. The SMILES string of the molecule is COc1ccc(S(=O)(=O)Nc2ccc(NCc3ccco3)nn2)cc1C. The molecule has 3 aromatic rings. The summed E-state index contributed by atoms with van der Waals surface area (Å²) in [6.45, 7) is 2.23. The van der Waals surface area contributed by atoms with E-state index in [0.717, 1.165) is 11.3 Å². The summed E-state index contributed by atoms with van der Waals surface area (Å²) in [4.78, 5) is 0.123. The molecule has 0 saturated carbocycles. The van der Waals surface area contributed by atoms with Gasteiger partial charge in [-0.25, -0.2) is 8.42 Å². The Morgan fingerprint density at radius 3 is 2.50 bits per heavy atom. The maximum Gasteiger partial charge on any atom is 0.263 e. The molecule has 9 heteroatoms. The van der Waals surface area contributed by atoms with E-state index in [-0.39, 0.29) is 10.7 Å². The van der Waals surface area contributed by atoms with E-state index < -0.39 is 10.0 Å². The van der Waals surface area contributed by atoms with Crippen LogP contribution < -0.4 is 14.8 Å². The fourth-order valence-electron chi connectivity index (χ4n) is 2.29. The monoisotopic (exact) mass is 374 g/mol. The van der Waals surface area contributed by atoms with E-state index in [9.17, 15) is 8.42 Å². The number of furan rings is 1. The van der Waals surface area contributed by atoms with Gasteiger partial charge in [0.1, 0.15) is 17.3 Å². The molecule has 0 atom stereocenters. The molecular formula is C17H18N4O4S. The average molecular weight is 374 g/mol. The second kappa shape index (κ2) is 7.44. The summed E-state index contributed by atoms with van der Waals surface area (Å²) >= 11 is 0. The summed E-state index contributed by atoms with van der Waals surface area (Å²) in [6.07, 6.45) is 1.58. The maximum atomic E-state index is 12.5. The van der Waals surface area contributed by atoms with Gasteiger partial charge in [-0.3, -0.25) is 4.72 Å². The lowest BCUT2D eigenvalue weighted by molar-refractivity contribution is 0.411. The van der Waals surface area contributed by atoms with E-state index in [2.05, 4.69) is 20.2 Å². The third-order valence-corrected chi connectivity index (χ3v) is 4.96. The van der Waals surface area contributed by atoms with E-state index >= 15 is 0 Å². The molecule has 1 aromatic carbocycles. The van der Waals surface area contributed by atoms with E-state index in [1.165, 1.54) is 25.3 Å². The highest BCUT2D eigenvalue weighted by atomic mass is 32.2. The minimum absolute atomic E-state index is 0.123. The van der Waals surface area contributed by atoms with Crippen LogP contribution in [0.5, 0.6) is 5.75 Å². The molecule has 0 saturated heterocycles. The summed E-state index contributed by atoms with van der Waals surface area (Å²) in [5, 5.41) is 10.9. The molecule has 0 radical (unpaired) electrons. The topological polar surface area (TPSA) is 106 Å². The summed E-state index contributed by atoms with van der Waals surface area (Å²) in [6, 6.07) is 11.4. The van der Waals surface area contributed by atoms with Crippen molar-refractivity contribution in [3.8, 4) is 5.75 Å². The number of ether oxygens (including phenoxy) is 1. The van der Waals surface area contributed by atoms with Crippen LogP contribution in [0.3, 0.4) is 0 Å². The molecule has 0 aliphatic rings. The molecule has 3 rings (SSSR count). The molecule has 0 fully saturated rings. The quantitative estimate of drug-likeness (QED) is 0.655. The van der Waals surface area contributed by atoms with Gasteiger partial charge in [-0.2, -0.15) is 0 Å². The number of rotatable bonds is 7. The maximum absolute atomic E-state index is 12.5. The van der Waals surface area contributed by atoms with Crippen molar-refractivity contribution in [2.75, 3.05) is 17.1 Å². The zero-order valence-corrected chi connectivity index (χ0v) is 15.1. The van der Waals surface area contributed by atoms with Crippen molar-refractivity contribution < 1.29 is 17.6 Å². The minimum atomic E-state index is -3.76. The van der Waals surface area contributed by atoms with Gasteiger partial charge < -0.3 is 14.5 Å². The lowest BCUT2D eigenvalue weighted by atomic mass is 10.2. The van der Waals surface area contributed by atoms with Crippen LogP contribution >= 0.6 is 0 Å². The average Bonchev–Trinajstić information content (AvgIpc) is 3.14. The van der Waals surface area contributed by atoms with Crippen LogP contribution in [0.4, 0.5) is 11.6 Å². The summed E-state index contributed by atoms with van der Waals surface area (Å²) in [5.74, 6) is 2.01. The van der Waals surface area contributed by atoms with Gasteiger partial charge in [0.05, 0.1) is 24.8 Å². The summed E-state index contributed by atoms with van der Waals surface area (Å²) in [7, 11) is -2.23. The molecule has 26 heavy (non-hydrogen) atoms. The van der Waals surface area contributed by atoms with Gasteiger partial charge in [-0.15, -0.1) is 10.2 Å². The molecule has 2 heterocycles. The lowest BCUT2D eigenvalue weighted by Crippen LogP contribution is -2.15. The Bertz CT molecular complexity index is 971. The van der Waals surface area contributed by atoms with Crippen molar-refractivity contribution in [1.82, 2.24) is 10.2 Å². The Balaban J connectivity index is 1.68. The number of nitrogens with one attached hydrogen (secondary N) is 2. The van der Waals surface area contributed by atoms with Crippen molar-refractivity contribution in [2.45, 2.75) is 18.4 Å². The number of aryl methyl sites for hydroxylation is 1. The normalized spacial score (nSPS) is 11.2. The third kappa shape index (κ3) is 4.12. The first kappa shape index (κ1) is 17.7. The highest BCUT2D eigenvalue weighted by Crippen LogP contribution is 2.22. The summed E-state index contributed by atoms with van der Waals surface area (Å²) in [5.41, 5.74) is 0.721. The molecule has 0 bridgehead atoms. The predicted octanol–water partition coefficient (Wildman–Crippen LogP) is 2.80. The minimum Gasteiger partial charge on any atom is -0.496 e. The Morgan fingerprint density at radius 1 is 1.12 bits per heavy atom. The number of aromatic nitrogens is 2. The number of anilines is 2. The molecule has 8 nitrogen and oxygen atoms in total. The second-order valence-electron chi connectivity index (χ2n) is 5.47. The molecule has 2 N–H and O–H groups in total. The predicted molar refractivity (Wildman–Crippen MR) is 96.6 cm³/mol.